The third-order valence-electron chi connectivity index (χ3n) is 3.24. The van der Waals surface area contributed by atoms with Crippen LogP contribution in [0.4, 0.5) is 5.69 Å². The van der Waals surface area contributed by atoms with E-state index in [-0.39, 0.29) is 0 Å². The van der Waals surface area contributed by atoms with Gasteiger partial charge in [0.1, 0.15) is 0 Å². The summed E-state index contributed by atoms with van der Waals surface area (Å²) in [5.41, 5.74) is 2.28. The number of nitrogens with zero attached hydrogens (tertiary/aromatic N) is 1. The van der Waals surface area contributed by atoms with Crippen molar-refractivity contribution in [3.63, 3.8) is 0 Å². The van der Waals surface area contributed by atoms with E-state index < -0.39 is 0 Å². The van der Waals surface area contributed by atoms with Crippen LogP contribution in [-0.4, -0.2) is 26.3 Å². The maximum absolute atomic E-state index is 6.06. The molecule has 0 aromatic heterocycles. The van der Waals surface area contributed by atoms with Gasteiger partial charge in [-0.05, 0) is 30.5 Å². The van der Waals surface area contributed by atoms with Gasteiger partial charge in [-0.1, -0.05) is 17.7 Å². The topological polar surface area (TPSA) is 12.5 Å². The summed E-state index contributed by atoms with van der Waals surface area (Å²) in [7, 11) is 1.77. The molecule has 1 unspecified atom stereocenters. The van der Waals surface area contributed by atoms with Crippen LogP contribution >= 0.6 is 23.2 Å². The monoisotopic (exact) mass is 273 g/mol. The highest BCUT2D eigenvalue weighted by Gasteiger charge is 2.21. The largest absolute Gasteiger partial charge is 0.380 e. The average Bonchev–Trinajstić information content (AvgIpc) is 2.39. The minimum absolute atomic E-state index is 0.311. The van der Waals surface area contributed by atoms with Gasteiger partial charge < -0.3 is 9.64 Å². The van der Waals surface area contributed by atoms with Gasteiger partial charge in [-0.2, -0.15) is 0 Å². The maximum atomic E-state index is 6.06. The molecule has 1 aliphatic rings. The van der Waals surface area contributed by atoms with Crippen LogP contribution in [-0.2, 0) is 10.6 Å². The lowest BCUT2D eigenvalue weighted by Crippen LogP contribution is -2.39. The second-order valence-electron chi connectivity index (χ2n) is 4.35. The van der Waals surface area contributed by atoms with Gasteiger partial charge in [0.2, 0.25) is 0 Å². The smallest absolute Gasteiger partial charge is 0.0746 e. The van der Waals surface area contributed by atoms with Crippen molar-refractivity contribution < 1.29 is 4.74 Å². The standard InChI is InChI=1S/C13H17Cl2NO/c1-17-12-3-2-6-16(9-12)13-7-11(15)5-4-10(13)8-14/h4-5,7,12H,2-3,6,8-9H2,1H3. The van der Waals surface area contributed by atoms with Gasteiger partial charge in [-0.25, -0.2) is 0 Å². The predicted molar refractivity (Wildman–Crippen MR) is 73.3 cm³/mol. The second-order valence-corrected chi connectivity index (χ2v) is 5.06. The molecular formula is C13H17Cl2NO. The van der Waals surface area contributed by atoms with Crippen molar-refractivity contribution in [2.24, 2.45) is 0 Å². The van der Waals surface area contributed by atoms with E-state index in [1.807, 2.05) is 18.2 Å². The summed E-state index contributed by atoms with van der Waals surface area (Å²) >= 11 is 12.0. The zero-order valence-electron chi connectivity index (χ0n) is 9.96. The first-order valence-corrected chi connectivity index (χ1v) is 6.78. The van der Waals surface area contributed by atoms with Crippen LogP contribution in [0.2, 0.25) is 5.02 Å². The molecule has 1 aromatic carbocycles. The third-order valence-corrected chi connectivity index (χ3v) is 3.77. The van der Waals surface area contributed by atoms with Crippen LogP contribution in [0.25, 0.3) is 0 Å². The van der Waals surface area contributed by atoms with Gasteiger partial charge in [0.15, 0.2) is 0 Å². The minimum Gasteiger partial charge on any atom is -0.380 e. The fourth-order valence-electron chi connectivity index (χ4n) is 2.29. The molecule has 17 heavy (non-hydrogen) atoms. The van der Waals surface area contributed by atoms with Crippen molar-refractivity contribution in [3.05, 3.63) is 28.8 Å². The van der Waals surface area contributed by atoms with Crippen molar-refractivity contribution in [3.8, 4) is 0 Å². The van der Waals surface area contributed by atoms with E-state index in [1.165, 1.54) is 0 Å². The molecule has 0 radical (unpaired) electrons. The molecule has 1 heterocycles. The molecule has 1 saturated heterocycles. The molecule has 0 bridgehead atoms. The Kier molecular flexibility index (Phi) is 4.55. The highest BCUT2D eigenvalue weighted by Crippen LogP contribution is 2.29. The van der Waals surface area contributed by atoms with E-state index in [1.54, 1.807) is 7.11 Å². The Bertz CT molecular complexity index is 384. The molecule has 1 aliphatic heterocycles. The Morgan fingerprint density at radius 1 is 1.47 bits per heavy atom. The SMILES string of the molecule is COC1CCCN(c2cc(Cl)ccc2CCl)C1. The molecule has 0 amide bonds. The zero-order chi connectivity index (χ0) is 12.3. The molecule has 1 aromatic rings. The number of hydrogen-bond acceptors (Lipinski definition) is 2. The Morgan fingerprint density at radius 3 is 3.00 bits per heavy atom. The fourth-order valence-corrected chi connectivity index (χ4v) is 2.69. The van der Waals surface area contributed by atoms with Crippen molar-refractivity contribution in [1.29, 1.82) is 0 Å². The molecule has 0 N–H and O–H groups in total. The van der Waals surface area contributed by atoms with Crippen molar-refractivity contribution in [2.45, 2.75) is 24.8 Å². The Morgan fingerprint density at radius 2 is 2.29 bits per heavy atom. The van der Waals surface area contributed by atoms with Crippen LogP contribution in [0.1, 0.15) is 18.4 Å². The highest BCUT2D eigenvalue weighted by molar-refractivity contribution is 6.31. The number of alkyl halides is 1. The lowest BCUT2D eigenvalue weighted by Gasteiger charge is -2.34. The predicted octanol–water partition coefficient (Wildman–Crippen LogP) is 3.69. The van der Waals surface area contributed by atoms with Crippen LogP contribution in [0.15, 0.2) is 18.2 Å². The summed E-state index contributed by atoms with van der Waals surface area (Å²) in [5, 5.41) is 0.758. The summed E-state index contributed by atoms with van der Waals surface area (Å²) in [5.74, 6) is 0.515. The first kappa shape index (κ1) is 13.0. The van der Waals surface area contributed by atoms with E-state index in [0.29, 0.717) is 12.0 Å². The third kappa shape index (κ3) is 3.06. The van der Waals surface area contributed by atoms with E-state index in [2.05, 4.69) is 4.90 Å². The van der Waals surface area contributed by atoms with Crippen LogP contribution < -0.4 is 4.90 Å². The number of anilines is 1. The summed E-state index contributed by atoms with van der Waals surface area (Å²) in [6, 6.07) is 5.89. The van der Waals surface area contributed by atoms with Crippen LogP contribution in [0.5, 0.6) is 0 Å². The number of piperidine rings is 1. The average molecular weight is 274 g/mol. The Hall–Kier alpha value is -0.440. The normalized spacial score (nSPS) is 20.6. The number of ether oxygens (including phenoxy) is 1. The van der Waals surface area contributed by atoms with E-state index in [4.69, 9.17) is 27.9 Å². The van der Waals surface area contributed by atoms with Crippen molar-refractivity contribution >= 4 is 28.9 Å². The first-order chi connectivity index (χ1) is 8.24. The summed E-state index contributed by atoms with van der Waals surface area (Å²) < 4.78 is 5.44. The maximum Gasteiger partial charge on any atom is 0.0746 e. The van der Waals surface area contributed by atoms with Crippen molar-refractivity contribution in [1.82, 2.24) is 0 Å². The van der Waals surface area contributed by atoms with Crippen LogP contribution in [0.3, 0.4) is 0 Å². The van der Waals surface area contributed by atoms with Gasteiger partial charge in [0.05, 0.1) is 6.10 Å². The summed E-state index contributed by atoms with van der Waals surface area (Å²) in [4.78, 5) is 2.32. The number of methoxy groups -OCH3 is 1. The van der Waals surface area contributed by atoms with Gasteiger partial charge in [0, 0.05) is 36.8 Å². The van der Waals surface area contributed by atoms with E-state index in [9.17, 15) is 0 Å². The molecule has 2 rings (SSSR count). The van der Waals surface area contributed by atoms with Crippen LogP contribution in [0, 0.1) is 0 Å². The first-order valence-electron chi connectivity index (χ1n) is 5.86. The molecule has 1 atom stereocenters. The molecule has 1 fully saturated rings. The Balaban J connectivity index is 2.22. The molecule has 0 spiro atoms. The zero-order valence-corrected chi connectivity index (χ0v) is 11.5. The summed E-state index contributed by atoms with van der Waals surface area (Å²) in [6.45, 7) is 1.96. The quantitative estimate of drug-likeness (QED) is 0.779. The van der Waals surface area contributed by atoms with Crippen molar-refractivity contribution in [2.75, 3.05) is 25.1 Å². The van der Waals surface area contributed by atoms with Gasteiger partial charge in [0.25, 0.3) is 0 Å². The molecule has 94 valence electrons. The highest BCUT2D eigenvalue weighted by atomic mass is 35.5. The van der Waals surface area contributed by atoms with Gasteiger partial charge in [-0.15, -0.1) is 11.6 Å². The Labute approximate surface area is 112 Å². The van der Waals surface area contributed by atoms with Gasteiger partial charge >= 0.3 is 0 Å². The second kappa shape index (κ2) is 5.94. The fraction of sp³-hybridized carbons (Fsp3) is 0.538. The van der Waals surface area contributed by atoms with E-state index >= 15 is 0 Å². The summed E-state index contributed by atoms with van der Waals surface area (Å²) in [6.07, 6.45) is 2.59. The lowest BCUT2D eigenvalue weighted by molar-refractivity contribution is 0.0893. The van der Waals surface area contributed by atoms with Gasteiger partial charge in [-0.3, -0.25) is 0 Å². The minimum atomic E-state index is 0.311. The molecular weight excluding hydrogens is 257 g/mol. The molecule has 2 nitrogen and oxygen atoms in total. The number of halogens is 2. The lowest BCUT2D eigenvalue weighted by atomic mass is 10.1. The molecule has 4 heteroatoms. The number of benzene rings is 1. The molecule has 0 saturated carbocycles. The van der Waals surface area contributed by atoms with E-state index in [0.717, 1.165) is 42.2 Å². The molecule has 0 aliphatic carbocycles. The number of rotatable bonds is 3. The number of hydrogen-bond donors (Lipinski definition) is 0.